The van der Waals surface area contributed by atoms with Crippen molar-refractivity contribution in [2.45, 2.75) is 12.3 Å². The summed E-state index contributed by atoms with van der Waals surface area (Å²) < 4.78 is 19.0. The Morgan fingerprint density at radius 2 is 1.96 bits per heavy atom. The first kappa shape index (κ1) is 18.0. The van der Waals surface area contributed by atoms with Crippen LogP contribution in [-0.2, 0) is 0 Å². The molecule has 5 nitrogen and oxygen atoms in total. The van der Waals surface area contributed by atoms with Crippen LogP contribution >= 0.6 is 0 Å². The Hall–Kier alpha value is -3.41. The van der Waals surface area contributed by atoms with E-state index in [4.69, 9.17) is 4.74 Å². The van der Waals surface area contributed by atoms with Crippen molar-refractivity contribution in [3.8, 4) is 16.9 Å². The summed E-state index contributed by atoms with van der Waals surface area (Å²) in [6.07, 6.45) is 3.83. The Bertz CT molecular complexity index is 1000. The van der Waals surface area contributed by atoms with E-state index in [2.05, 4.69) is 10.3 Å². The summed E-state index contributed by atoms with van der Waals surface area (Å²) in [6.45, 7) is 1.17. The number of nitrogens with one attached hydrogen (secondary N) is 1. The van der Waals surface area contributed by atoms with E-state index in [1.54, 1.807) is 12.1 Å². The number of carbonyl (C=O) groups is 1. The van der Waals surface area contributed by atoms with E-state index in [0.717, 1.165) is 28.9 Å². The number of rotatable bonds is 5. The fourth-order valence-electron chi connectivity index (χ4n) is 3.45. The molecule has 0 amide bonds. The molecular weight excluding hydrogens is 359 g/mol. The number of benzene rings is 2. The Labute approximate surface area is 161 Å². The molecule has 0 bridgehead atoms. The topological polar surface area (TPSA) is 71.5 Å². The average molecular weight is 378 g/mol. The highest BCUT2D eigenvalue weighted by Crippen LogP contribution is 2.37. The van der Waals surface area contributed by atoms with Crippen LogP contribution in [0.5, 0.6) is 5.75 Å². The van der Waals surface area contributed by atoms with Crippen LogP contribution in [0.2, 0.25) is 0 Å². The molecule has 0 spiro atoms. The number of aromatic carboxylic acids is 1. The molecule has 0 unspecified atom stereocenters. The first-order valence-electron chi connectivity index (χ1n) is 9.05. The Balaban J connectivity index is 1.54. The molecule has 0 saturated heterocycles. The number of ether oxygens (including phenoxy) is 1. The number of nitrogens with zero attached hydrogens (tertiary/aromatic N) is 1. The third kappa shape index (κ3) is 3.67. The third-order valence-corrected chi connectivity index (χ3v) is 4.95. The number of anilines is 1. The normalized spacial score (nSPS) is 15.4. The number of carboxylic acid groups (broad SMARTS) is 1. The second kappa shape index (κ2) is 7.68. The second-order valence-corrected chi connectivity index (χ2v) is 6.70. The number of halogens is 1. The molecule has 3 aromatic rings. The summed E-state index contributed by atoms with van der Waals surface area (Å²) in [5.74, 6) is -0.251. The SMILES string of the molecule is O=C(O)c1ccncc1NC[C@H]1CCOc2cc(-c3ccc(F)cc3)ccc21. The zero-order valence-electron chi connectivity index (χ0n) is 15.1. The summed E-state index contributed by atoms with van der Waals surface area (Å²) in [4.78, 5) is 15.4. The van der Waals surface area contributed by atoms with Crippen molar-refractivity contribution in [2.24, 2.45) is 0 Å². The summed E-state index contributed by atoms with van der Waals surface area (Å²) in [5, 5.41) is 12.5. The van der Waals surface area contributed by atoms with Crippen LogP contribution in [0, 0.1) is 5.82 Å². The lowest BCUT2D eigenvalue weighted by molar-refractivity contribution is 0.0697. The molecule has 1 atom stereocenters. The maximum Gasteiger partial charge on any atom is 0.337 e. The average Bonchev–Trinajstić information content (AvgIpc) is 2.72. The summed E-state index contributed by atoms with van der Waals surface area (Å²) in [7, 11) is 0. The third-order valence-electron chi connectivity index (χ3n) is 4.95. The Morgan fingerprint density at radius 3 is 2.75 bits per heavy atom. The molecule has 142 valence electrons. The van der Waals surface area contributed by atoms with E-state index < -0.39 is 5.97 Å². The van der Waals surface area contributed by atoms with Gasteiger partial charge in [0.25, 0.3) is 0 Å². The Kier molecular flexibility index (Phi) is 4.93. The van der Waals surface area contributed by atoms with Crippen LogP contribution < -0.4 is 10.1 Å². The lowest BCUT2D eigenvalue weighted by atomic mass is 9.91. The lowest BCUT2D eigenvalue weighted by Gasteiger charge is -2.27. The zero-order valence-corrected chi connectivity index (χ0v) is 15.1. The van der Waals surface area contributed by atoms with Gasteiger partial charge in [-0.15, -0.1) is 0 Å². The molecule has 2 N–H and O–H groups in total. The van der Waals surface area contributed by atoms with Crippen LogP contribution in [0.4, 0.5) is 10.1 Å². The molecule has 2 aromatic carbocycles. The van der Waals surface area contributed by atoms with Gasteiger partial charge in [0.05, 0.1) is 24.1 Å². The molecule has 4 rings (SSSR count). The first-order chi connectivity index (χ1) is 13.6. The van der Waals surface area contributed by atoms with Crippen molar-refractivity contribution in [3.05, 3.63) is 77.9 Å². The van der Waals surface area contributed by atoms with Crippen LogP contribution in [0.15, 0.2) is 60.9 Å². The van der Waals surface area contributed by atoms with Gasteiger partial charge in [0.1, 0.15) is 11.6 Å². The quantitative estimate of drug-likeness (QED) is 0.681. The fourth-order valence-corrected chi connectivity index (χ4v) is 3.45. The Morgan fingerprint density at radius 1 is 1.18 bits per heavy atom. The van der Waals surface area contributed by atoms with Gasteiger partial charge in [0.2, 0.25) is 0 Å². The smallest absolute Gasteiger partial charge is 0.337 e. The summed E-state index contributed by atoms with van der Waals surface area (Å²) in [6, 6.07) is 13.9. The maximum absolute atomic E-state index is 13.2. The van der Waals surface area contributed by atoms with E-state index in [1.807, 2.05) is 18.2 Å². The molecule has 1 aromatic heterocycles. The second-order valence-electron chi connectivity index (χ2n) is 6.70. The molecule has 1 aliphatic heterocycles. The van der Waals surface area contributed by atoms with Gasteiger partial charge in [-0.1, -0.05) is 24.3 Å². The minimum Gasteiger partial charge on any atom is -0.493 e. The van der Waals surface area contributed by atoms with Gasteiger partial charge in [0, 0.05) is 18.7 Å². The molecule has 0 radical (unpaired) electrons. The molecule has 2 heterocycles. The van der Waals surface area contributed by atoms with E-state index in [-0.39, 0.29) is 17.3 Å². The molecular formula is C22H19FN2O3. The minimum absolute atomic E-state index is 0.188. The number of carboxylic acids is 1. The van der Waals surface area contributed by atoms with E-state index in [9.17, 15) is 14.3 Å². The fraction of sp³-hybridized carbons (Fsp3) is 0.182. The zero-order chi connectivity index (χ0) is 19.5. The summed E-state index contributed by atoms with van der Waals surface area (Å²) in [5.41, 5.74) is 3.67. The molecule has 1 aliphatic rings. The highest BCUT2D eigenvalue weighted by Gasteiger charge is 2.22. The minimum atomic E-state index is -0.985. The molecule has 0 aliphatic carbocycles. The van der Waals surface area contributed by atoms with Crippen LogP contribution in [0.25, 0.3) is 11.1 Å². The van der Waals surface area contributed by atoms with Crippen molar-refractivity contribution in [1.82, 2.24) is 4.98 Å². The van der Waals surface area contributed by atoms with E-state index >= 15 is 0 Å². The van der Waals surface area contributed by atoms with Crippen molar-refractivity contribution in [2.75, 3.05) is 18.5 Å². The standard InChI is InChI=1S/C22H19FN2O3/c23-17-4-1-14(2-5-17)15-3-6-18-16(8-10-28-21(18)11-15)12-25-20-13-24-9-7-19(20)22(26)27/h1-7,9,11,13,16,25H,8,10,12H2,(H,26,27)/t16-/m1/s1. The highest BCUT2D eigenvalue weighted by atomic mass is 19.1. The van der Waals surface area contributed by atoms with Gasteiger partial charge in [-0.05, 0) is 47.4 Å². The van der Waals surface area contributed by atoms with Crippen molar-refractivity contribution in [1.29, 1.82) is 0 Å². The predicted molar refractivity (Wildman–Crippen MR) is 104 cm³/mol. The van der Waals surface area contributed by atoms with Crippen LogP contribution in [0.3, 0.4) is 0 Å². The van der Waals surface area contributed by atoms with E-state index in [0.29, 0.717) is 18.8 Å². The van der Waals surface area contributed by atoms with Crippen molar-refractivity contribution < 1.29 is 19.0 Å². The van der Waals surface area contributed by atoms with Gasteiger partial charge in [-0.2, -0.15) is 0 Å². The largest absolute Gasteiger partial charge is 0.493 e. The van der Waals surface area contributed by atoms with Crippen molar-refractivity contribution >= 4 is 11.7 Å². The number of hydrogen-bond donors (Lipinski definition) is 2. The van der Waals surface area contributed by atoms with Gasteiger partial charge >= 0.3 is 5.97 Å². The number of hydrogen-bond acceptors (Lipinski definition) is 4. The molecule has 6 heteroatoms. The maximum atomic E-state index is 13.2. The van der Waals surface area contributed by atoms with Gasteiger partial charge in [-0.3, -0.25) is 4.98 Å². The molecule has 0 fully saturated rings. The van der Waals surface area contributed by atoms with Crippen LogP contribution in [0.1, 0.15) is 28.3 Å². The van der Waals surface area contributed by atoms with Gasteiger partial charge in [0.15, 0.2) is 0 Å². The van der Waals surface area contributed by atoms with Gasteiger partial charge in [-0.25, -0.2) is 9.18 Å². The van der Waals surface area contributed by atoms with E-state index in [1.165, 1.54) is 30.6 Å². The number of aromatic nitrogens is 1. The monoisotopic (exact) mass is 378 g/mol. The van der Waals surface area contributed by atoms with Crippen molar-refractivity contribution in [3.63, 3.8) is 0 Å². The summed E-state index contributed by atoms with van der Waals surface area (Å²) >= 11 is 0. The highest BCUT2D eigenvalue weighted by molar-refractivity contribution is 5.93. The molecule has 0 saturated carbocycles. The predicted octanol–water partition coefficient (Wildman–Crippen LogP) is 4.56. The number of pyridine rings is 1. The first-order valence-corrected chi connectivity index (χ1v) is 9.05. The van der Waals surface area contributed by atoms with Crippen LogP contribution in [-0.4, -0.2) is 29.2 Å². The van der Waals surface area contributed by atoms with Gasteiger partial charge < -0.3 is 15.2 Å². The number of fused-ring (bicyclic) bond motifs is 1. The molecule has 28 heavy (non-hydrogen) atoms. The lowest BCUT2D eigenvalue weighted by Crippen LogP contribution is -2.21.